The van der Waals surface area contributed by atoms with Gasteiger partial charge in [-0.3, -0.25) is 9.89 Å². The summed E-state index contributed by atoms with van der Waals surface area (Å²) in [6.07, 6.45) is 1.16. The van der Waals surface area contributed by atoms with Gasteiger partial charge in [-0.05, 0) is 18.4 Å². The van der Waals surface area contributed by atoms with E-state index in [1.54, 1.807) is 14.2 Å². The number of nitrogens with one attached hydrogen (secondary N) is 2. The SMILES string of the molecule is CN=C(NCCOCc1ccccc1OC)NCC(CC(C)C)N1CCOCC1.I. The quantitative estimate of drug-likeness (QED) is 0.197. The average molecular weight is 534 g/mol. The molecule has 2 rings (SSSR count). The Kier molecular flexibility index (Phi) is 14.1. The van der Waals surface area contributed by atoms with E-state index < -0.39 is 0 Å². The van der Waals surface area contributed by atoms with E-state index in [4.69, 9.17) is 14.2 Å². The van der Waals surface area contributed by atoms with Crippen LogP contribution in [0.15, 0.2) is 29.3 Å². The van der Waals surface area contributed by atoms with Crippen molar-refractivity contribution in [2.24, 2.45) is 10.9 Å². The Bertz CT molecular complexity index is 610. The van der Waals surface area contributed by atoms with Crippen molar-refractivity contribution < 1.29 is 14.2 Å². The first-order chi connectivity index (χ1) is 14.1. The number of hydrogen-bond donors (Lipinski definition) is 2. The molecule has 1 saturated heterocycles. The summed E-state index contributed by atoms with van der Waals surface area (Å²) < 4.78 is 16.6. The first kappa shape index (κ1) is 26.9. The van der Waals surface area contributed by atoms with Crippen molar-refractivity contribution >= 4 is 29.9 Å². The highest BCUT2D eigenvalue weighted by Crippen LogP contribution is 2.17. The van der Waals surface area contributed by atoms with Crippen molar-refractivity contribution in [2.45, 2.75) is 32.9 Å². The fraction of sp³-hybridized carbons (Fsp3) is 0.682. The summed E-state index contributed by atoms with van der Waals surface area (Å²) in [5.41, 5.74) is 1.06. The van der Waals surface area contributed by atoms with Crippen LogP contribution in [0.4, 0.5) is 0 Å². The van der Waals surface area contributed by atoms with Crippen LogP contribution >= 0.6 is 24.0 Å². The molecule has 30 heavy (non-hydrogen) atoms. The number of morpholine rings is 1. The molecule has 1 aromatic rings. The average Bonchev–Trinajstić information content (AvgIpc) is 2.75. The lowest BCUT2D eigenvalue weighted by Gasteiger charge is -2.35. The van der Waals surface area contributed by atoms with Crippen LogP contribution in [0.25, 0.3) is 0 Å². The minimum Gasteiger partial charge on any atom is -0.496 e. The highest BCUT2D eigenvalue weighted by Gasteiger charge is 2.22. The minimum absolute atomic E-state index is 0. The van der Waals surface area contributed by atoms with E-state index >= 15 is 0 Å². The van der Waals surface area contributed by atoms with Crippen molar-refractivity contribution in [3.8, 4) is 5.75 Å². The number of guanidine groups is 1. The van der Waals surface area contributed by atoms with Gasteiger partial charge in [0.25, 0.3) is 0 Å². The van der Waals surface area contributed by atoms with Gasteiger partial charge >= 0.3 is 0 Å². The monoisotopic (exact) mass is 534 g/mol. The number of para-hydroxylation sites is 1. The van der Waals surface area contributed by atoms with E-state index in [0.717, 1.165) is 56.5 Å². The van der Waals surface area contributed by atoms with E-state index in [2.05, 4.69) is 34.4 Å². The zero-order chi connectivity index (χ0) is 20.9. The third-order valence-electron chi connectivity index (χ3n) is 5.02. The van der Waals surface area contributed by atoms with Gasteiger partial charge < -0.3 is 24.8 Å². The van der Waals surface area contributed by atoms with Gasteiger partial charge in [0.05, 0.1) is 33.5 Å². The lowest BCUT2D eigenvalue weighted by atomic mass is 10.0. The Morgan fingerprint density at radius 2 is 1.93 bits per heavy atom. The lowest BCUT2D eigenvalue weighted by molar-refractivity contribution is 0.0132. The van der Waals surface area contributed by atoms with Crippen LogP contribution in [0.2, 0.25) is 0 Å². The Hall–Kier alpha value is -1.10. The van der Waals surface area contributed by atoms with Crippen molar-refractivity contribution in [3.63, 3.8) is 0 Å². The number of benzene rings is 1. The maximum absolute atomic E-state index is 5.78. The number of methoxy groups -OCH3 is 1. The molecule has 0 radical (unpaired) electrons. The summed E-state index contributed by atoms with van der Waals surface area (Å²) >= 11 is 0. The van der Waals surface area contributed by atoms with Gasteiger partial charge in [0.15, 0.2) is 5.96 Å². The van der Waals surface area contributed by atoms with Gasteiger partial charge in [-0.15, -0.1) is 24.0 Å². The molecule has 1 heterocycles. The first-order valence-electron chi connectivity index (χ1n) is 10.6. The topological polar surface area (TPSA) is 67.4 Å². The summed E-state index contributed by atoms with van der Waals surface area (Å²) in [4.78, 5) is 6.87. The molecule has 0 aliphatic carbocycles. The normalized spacial score (nSPS) is 16.1. The maximum atomic E-state index is 5.78. The van der Waals surface area contributed by atoms with Crippen LogP contribution in [0.1, 0.15) is 25.8 Å². The Labute approximate surface area is 199 Å². The van der Waals surface area contributed by atoms with Crippen molar-refractivity contribution in [1.29, 1.82) is 0 Å². The molecule has 0 saturated carbocycles. The second kappa shape index (κ2) is 15.7. The molecule has 7 nitrogen and oxygen atoms in total. The molecule has 1 fully saturated rings. The highest BCUT2D eigenvalue weighted by atomic mass is 127. The maximum Gasteiger partial charge on any atom is 0.191 e. The predicted molar refractivity (Wildman–Crippen MR) is 133 cm³/mol. The molecule has 1 aromatic carbocycles. The van der Waals surface area contributed by atoms with Crippen LogP contribution in [-0.4, -0.2) is 77.1 Å². The third-order valence-corrected chi connectivity index (χ3v) is 5.02. The molecular weight excluding hydrogens is 495 g/mol. The smallest absolute Gasteiger partial charge is 0.191 e. The van der Waals surface area contributed by atoms with E-state index in [9.17, 15) is 0 Å². The summed E-state index contributed by atoms with van der Waals surface area (Å²) in [6.45, 7) is 10.9. The Morgan fingerprint density at radius 1 is 1.20 bits per heavy atom. The second-order valence-corrected chi connectivity index (χ2v) is 7.68. The molecule has 0 aromatic heterocycles. The van der Waals surface area contributed by atoms with Gasteiger partial charge in [0.1, 0.15) is 5.75 Å². The first-order valence-corrected chi connectivity index (χ1v) is 10.6. The van der Waals surface area contributed by atoms with Crippen LogP contribution in [0.5, 0.6) is 5.75 Å². The van der Waals surface area contributed by atoms with Crippen molar-refractivity contribution in [1.82, 2.24) is 15.5 Å². The zero-order valence-corrected chi connectivity index (χ0v) is 21.2. The standard InChI is InChI=1S/C22H38N4O3.HI/c1-18(2)15-20(26-10-13-28-14-11-26)16-25-22(23-3)24-9-12-29-17-19-7-5-6-8-21(19)27-4;/h5-8,18,20H,9-17H2,1-4H3,(H2,23,24,25);1H. The van der Waals surface area contributed by atoms with Crippen molar-refractivity contribution in [3.05, 3.63) is 29.8 Å². The molecule has 2 N–H and O–H groups in total. The number of aliphatic imine (C=N–C) groups is 1. The Morgan fingerprint density at radius 3 is 2.60 bits per heavy atom. The summed E-state index contributed by atoms with van der Waals surface area (Å²) in [5.74, 6) is 2.33. The summed E-state index contributed by atoms with van der Waals surface area (Å²) in [6, 6.07) is 8.41. The highest BCUT2D eigenvalue weighted by molar-refractivity contribution is 14.0. The summed E-state index contributed by atoms with van der Waals surface area (Å²) in [7, 11) is 3.48. The van der Waals surface area contributed by atoms with E-state index in [-0.39, 0.29) is 24.0 Å². The fourth-order valence-electron chi connectivity index (χ4n) is 3.53. The lowest BCUT2D eigenvalue weighted by Crippen LogP contribution is -2.51. The summed E-state index contributed by atoms with van der Waals surface area (Å²) in [5, 5.41) is 6.82. The zero-order valence-electron chi connectivity index (χ0n) is 18.9. The van der Waals surface area contributed by atoms with Crippen LogP contribution in [-0.2, 0) is 16.1 Å². The largest absolute Gasteiger partial charge is 0.496 e. The molecule has 1 unspecified atom stereocenters. The molecule has 1 atom stereocenters. The predicted octanol–water partition coefficient (Wildman–Crippen LogP) is 2.74. The molecule has 8 heteroatoms. The second-order valence-electron chi connectivity index (χ2n) is 7.68. The molecule has 1 aliphatic rings. The van der Waals surface area contributed by atoms with Gasteiger partial charge in [0.2, 0.25) is 0 Å². The molecule has 172 valence electrons. The van der Waals surface area contributed by atoms with Gasteiger partial charge in [-0.25, -0.2) is 0 Å². The number of ether oxygens (including phenoxy) is 3. The van der Waals surface area contributed by atoms with Crippen LogP contribution in [0, 0.1) is 5.92 Å². The molecule has 0 bridgehead atoms. The van der Waals surface area contributed by atoms with E-state index in [1.165, 1.54) is 0 Å². The third kappa shape index (κ3) is 9.80. The van der Waals surface area contributed by atoms with Gasteiger partial charge in [0, 0.05) is 44.8 Å². The van der Waals surface area contributed by atoms with Gasteiger partial charge in [-0.1, -0.05) is 32.0 Å². The molecule has 1 aliphatic heterocycles. The Balaban J connectivity index is 0.00000450. The number of halogens is 1. The number of rotatable bonds is 11. The molecular formula is C22H39IN4O3. The molecule has 0 spiro atoms. The van der Waals surface area contributed by atoms with Gasteiger partial charge in [-0.2, -0.15) is 0 Å². The minimum atomic E-state index is 0. The number of hydrogen-bond acceptors (Lipinski definition) is 5. The number of nitrogens with zero attached hydrogens (tertiary/aromatic N) is 2. The van der Waals surface area contributed by atoms with Crippen LogP contribution < -0.4 is 15.4 Å². The fourth-order valence-corrected chi connectivity index (χ4v) is 3.53. The van der Waals surface area contributed by atoms with Crippen molar-refractivity contribution in [2.75, 3.05) is 60.2 Å². The van der Waals surface area contributed by atoms with E-state index in [1.807, 2.05) is 24.3 Å². The molecule has 0 amide bonds. The van der Waals surface area contributed by atoms with E-state index in [0.29, 0.717) is 31.7 Å². The van der Waals surface area contributed by atoms with Crippen LogP contribution in [0.3, 0.4) is 0 Å².